The number of anilines is 1. The zero-order valence-corrected chi connectivity index (χ0v) is 28.9. The maximum atomic E-state index is 14.6. The van der Waals surface area contributed by atoms with E-state index < -0.39 is 28.5 Å². The monoisotopic (exact) mass is 697 g/mol. The second-order valence-electron chi connectivity index (χ2n) is 11.0. The molecule has 0 radical (unpaired) electrons. The number of nitrogens with zero attached hydrogens (tertiary/aromatic N) is 2. The van der Waals surface area contributed by atoms with E-state index in [0.717, 1.165) is 9.87 Å². The smallest absolute Gasteiger partial charge is 0.264 e. The number of carbonyl (C=O) groups excluding carboxylic acids is 2. The minimum atomic E-state index is -4.38. The third-order valence-corrected chi connectivity index (χ3v) is 9.73. The highest BCUT2D eigenvalue weighted by molar-refractivity contribution is 7.92. The molecule has 1 atom stereocenters. The third-order valence-electron chi connectivity index (χ3n) is 7.34. The Morgan fingerprint density at radius 1 is 0.830 bits per heavy atom. The molecule has 0 aliphatic rings. The fourth-order valence-corrected chi connectivity index (χ4v) is 6.74. The van der Waals surface area contributed by atoms with Gasteiger partial charge >= 0.3 is 0 Å². The second-order valence-corrected chi connectivity index (χ2v) is 13.7. The Labute approximate surface area is 286 Å². The van der Waals surface area contributed by atoms with Crippen LogP contribution >= 0.6 is 23.2 Å². The fraction of sp³-hybridized carbons (Fsp3) is 0.257. The maximum Gasteiger partial charge on any atom is 0.264 e. The van der Waals surface area contributed by atoms with Crippen molar-refractivity contribution in [1.82, 2.24) is 10.2 Å². The molecule has 0 bridgehead atoms. The molecule has 0 aromatic heterocycles. The molecule has 4 rings (SSSR count). The van der Waals surface area contributed by atoms with Crippen LogP contribution in [0.15, 0.2) is 102 Å². The van der Waals surface area contributed by atoms with Gasteiger partial charge in [0.15, 0.2) is 11.5 Å². The van der Waals surface area contributed by atoms with E-state index in [1.165, 1.54) is 61.6 Å². The van der Waals surface area contributed by atoms with Gasteiger partial charge in [-0.3, -0.25) is 13.9 Å². The molecular weight excluding hydrogens is 661 g/mol. The summed E-state index contributed by atoms with van der Waals surface area (Å²) >= 11 is 12.7. The number of hydrogen-bond acceptors (Lipinski definition) is 6. The minimum Gasteiger partial charge on any atom is -0.493 e. The second kappa shape index (κ2) is 16.0. The highest BCUT2D eigenvalue weighted by Crippen LogP contribution is 2.33. The van der Waals surface area contributed by atoms with Crippen LogP contribution < -0.4 is 19.1 Å². The lowest BCUT2D eigenvalue weighted by Gasteiger charge is -2.34. The highest BCUT2D eigenvalue weighted by atomic mass is 35.5. The minimum absolute atomic E-state index is 0.0492. The molecule has 0 saturated carbocycles. The third kappa shape index (κ3) is 8.97. The lowest BCUT2D eigenvalue weighted by atomic mass is 10.0. The number of nitrogens with one attached hydrogen (secondary N) is 1. The van der Waals surface area contributed by atoms with Crippen molar-refractivity contribution in [2.75, 3.05) is 25.1 Å². The number of carbonyl (C=O) groups is 2. The van der Waals surface area contributed by atoms with Gasteiger partial charge in [0.2, 0.25) is 11.8 Å². The Morgan fingerprint density at radius 2 is 1.47 bits per heavy atom. The van der Waals surface area contributed by atoms with Crippen LogP contribution in [0, 0.1) is 0 Å². The van der Waals surface area contributed by atoms with Crippen LogP contribution in [0.4, 0.5) is 5.69 Å². The summed E-state index contributed by atoms with van der Waals surface area (Å²) in [5.41, 5.74) is 1.61. The lowest BCUT2D eigenvalue weighted by Crippen LogP contribution is -2.54. The first kappa shape index (κ1) is 35.6. The normalized spacial score (nSPS) is 11.9. The standard InChI is InChI=1S/C35H37Cl2N3O6S/c1-24(2)38-35(42)31(20-25-10-6-5-7-11-25)39(22-26-12-8-9-13-30(26)37)34(41)23-40(28-16-14-27(36)15-17-28)47(43,44)29-18-19-32(45-3)33(21-29)46-4/h5-19,21,24,31H,20,22-23H2,1-4H3,(H,38,42). The van der Waals surface area contributed by atoms with Gasteiger partial charge in [0.05, 0.1) is 24.8 Å². The average Bonchev–Trinajstić information content (AvgIpc) is 3.06. The van der Waals surface area contributed by atoms with Crippen molar-refractivity contribution >= 4 is 50.7 Å². The molecule has 0 spiro atoms. The number of rotatable bonds is 14. The number of ether oxygens (including phenoxy) is 2. The quantitative estimate of drug-likeness (QED) is 0.164. The predicted molar refractivity (Wildman–Crippen MR) is 185 cm³/mol. The number of benzene rings is 4. The van der Waals surface area contributed by atoms with Gasteiger partial charge in [0.25, 0.3) is 10.0 Å². The Bertz CT molecular complexity index is 1790. The molecular formula is C35H37Cl2N3O6S. The summed E-state index contributed by atoms with van der Waals surface area (Å²) < 4.78 is 40.3. The predicted octanol–water partition coefficient (Wildman–Crippen LogP) is 6.37. The van der Waals surface area contributed by atoms with E-state index >= 15 is 0 Å². The zero-order valence-electron chi connectivity index (χ0n) is 26.5. The topological polar surface area (TPSA) is 105 Å². The molecule has 4 aromatic rings. The van der Waals surface area contributed by atoms with Crippen molar-refractivity contribution in [2.24, 2.45) is 0 Å². The van der Waals surface area contributed by atoms with Crippen LogP contribution in [-0.4, -0.2) is 58.0 Å². The molecule has 12 heteroatoms. The summed E-state index contributed by atoms with van der Waals surface area (Å²) in [6.45, 7) is 2.97. The molecule has 0 aliphatic heterocycles. The van der Waals surface area contributed by atoms with E-state index in [-0.39, 0.29) is 41.2 Å². The van der Waals surface area contributed by atoms with Crippen LogP contribution in [0.5, 0.6) is 11.5 Å². The number of amides is 2. The first-order valence-electron chi connectivity index (χ1n) is 14.8. The molecule has 4 aromatic carbocycles. The number of methoxy groups -OCH3 is 2. The summed E-state index contributed by atoms with van der Waals surface area (Å²) in [6.07, 6.45) is 0.180. The largest absolute Gasteiger partial charge is 0.493 e. The molecule has 1 N–H and O–H groups in total. The van der Waals surface area contributed by atoms with E-state index in [1.807, 2.05) is 44.2 Å². The summed E-state index contributed by atoms with van der Waals surface area (Å²) in [6, 6.07) is 25.4. The Hall–Kier alpha value is -4.25. The molecule has 248 valence electrons. The van der Waals surface area contributed by atoms with Gasteiger partial charge in [0.1, 0.15) is 12.6 Å². The Kier molecular flexibility index (Phi) is 12.1. The SMILES string of the molecule is COc1ccc(S(=O)(=O)N(CC(=O)N(Cc2ccccc2Cl)C(Cc2ccccc2)C(=O)NC(C)C)c2ccc(Cl)cc2)cc1OC. The Morgan fingerprint density at radius 3 is 2.09 bits per heavy atom. The fourth-order valence-electron chi connectivity index (χ4n) is 4.99. The first-order valence-corrected chi connectivity index (χ1v) is 17.0. The van der Waals surface area contributed by atoms with Crippen molar-refractivity contribution in [1.29, 1.82) is 0 Å². The molecule has 1 unspecified atom stereocenters. The van der Waals surface area contributed by atoms with E-state index in [4.69, 9.17) is 32.7 Å². The van der Waals surface area contributed by atoms with Crippen LogP contribution in [0.1, 0.15) is 25.0 Å². The molecule has 47 heavy (non-hydrogen) atoms. The molecule has 0 fully saturated rings. The van der Waals surface area contributed by atoms with Crippen LogP contribution in [0.3, 0.4) is 0 Å². The van der Waals surface area contributed by atoms with Gasteiger partial charge < -0.3 is 19.7 Å². The van der Waals surface area contributed by atoms with Crippen molar-refractivity contribution in [3.8, 4) is 11.5 Å². The number of hydrogen-bond donors (Lipinski definition) is 1. The molecule has 2 amide bonds. The highest BCUT2D eigenvalue weighted by Gasteiger charge is 2.35. The molecule has 0 aliphatic carbocycles. The van der Waals surface area contributed by atoms with Crippen molar-refractivity contribution < 1.29 is 27.5 Å². The van der Waals surface area contributed by atoms with Gasteiger partial charge in [0, 0.05) is 35.1 Å². The molecule has 9 nitrogen and oxygen atoms in total. The van der Waals surface area contributed by atoms with E-state index in [1.54, 1.807) is 24.3 Å². The van der Waals surface area contributed by atoms with Gasteiger partial charge in [-0.05, 0) is 67.4 Å². The molecule has 0 heterocycles. The van der Waals surface area contributed by atoms with Crippen LogP contribution in [-0.2, 0) is 32.6 Å². The summed E-state index contributed by atoms with van der Waals surface area (Å²) in [7, 11) is -1.53. The van der Waals surface area contributed by atoms with E-state index in [9.17, 15) is 18.0 Å². The van der Waals surface area contributed by atoms with Crippen molar-refractivity contribution in [3.05, 3.63) is 118 Å². The van der Waals surface area contributed by atoms with Gasteiger partial charge in [-0.25, -0.2) is 8.42 Å². The average molecular weight is 699 g/mol. The maximum absolute atomic E-state index is 14.6. The van der Waals surface area contributed by atoms with E-state index in [0.29, 0.717) is 21.4 Å². The lowest BCUT2D eigenvalue weighted by molar-refractivity contribution is -0.140. The summed E-state index contributed by atoms with van der Waals surface area (Å²) in [4.78, 5) is 29.6. The van der Waals surface area contributed by atoms with Gasteiger partial charge in [-0.15, -0.1) is 0 Å². The Balaban J connectivity index is 1.83. The van der Waals surface area contributed by atoms with Gasteiger partial charge in [-0.2, -0.15) is 0 Å². The van der Waals surface area contributed by atoms with Crippen LogP contribution in [0.2, 0.25) is 10.0 Å². The number of sulfonamides is 1. The van der Waals surface area contributed by atoms with Crippen LogP contribution in [0.25, 0.3) is 0 Å². The zero-order chi connectivity index (χ0) is 34.1. The summed E-state index contributed by atoms with van der Waals surface area (Å²) in [5.74, 6) is -0.468. The summed E-state index contributed by atoms with van der Waals surface area (Å²) in [5, 5.41) is 3.72. The molecule has 0 saturated heterocycles. The van der Waals surface area contributed by atoms with Crippen molar-refractivity contribution in [2.45, 2.75) is 43.8 Å². The number of halogens is 2. The van der Waals surface area contributed by atoms with E-state index in [2.05, 4.69) is 5.32 Å². The first-order chi connectivity index (χ1) is 22.4. The van der Waals surface area contributed by atoms with Gasteiger partial charge in [-0.1, -0.05) is 71.7 Å². The van der Waals surface area contributed by atoms with Crippen molar-refractivity contribution in [3.63, 3.8) is 0 Å².